The highest BCUT2D eigenvalue weighted by Gasteiger charge is 2.29. The van der Waals surface area contributed by atoms with Gasteiger partial charge in [0.05, 0.1) is 6.54 Å². The molecule has 0 radical (unpaired) electrons. The molecule has 3 rings (SSSR count). The second-order valence-electron chi connectivity index (χ2n) is 6.12. The van der Waals surface area contributed by atoms with Crippen LogP contribution in [0.15, 0.2) is 20.9 Å². The van der Waals surface area contributed by atoms with Crippen molar-refractivity contribution < 1.29 is 0 Å². The van der Waals surface area contributed by atoms with Crippen molar-refractivity contribution in [3.8, 4) is 0 Å². The summed E-state index contributed by atoms with van der Waals surface area (Å²) in [5.41, 5.74) is 0. The van der Waals surface area contributed by atoms with E-state index in [9.17, 15) is 0 Å². The molecule has 0 aromatic carbocycles. The molecule has 3 heterocycles. The maximum Gasteiger partial charge on any atom is 0.193 e. The number of nitrogens with zero attached hydrogens (tertiary/aromatic N) is 3. The zero-order valence-corrected chi connectivity index (χ0v) is 18.4. The fourth-order valence-corrected chi connectivity index (χ4v) is 4.85. The van der Waals surface area contributed by atoms with E-state index in [0.29, 0.717) is 0 Å². The number of thiophene rings is 1. The van der Waals surface area contributed by atoms with Crippen LogP contribution in [0.3, 0.4) is 0 Å². The average molecular weight is 513 g/mol. The molecule has 0 spiro atoms. The average Bonchev–Trinajstić information content (AvgIpc) is 3.18. The number of guanidine groups is 1. The third-order valence-electron chi connectivity index (χ3n) is 4.62. The lowest BCUT2D eigenvalue weighted by Crippen LogP contribution is -2.44. The molecule has 2 saturated heterocycles. The van der Waals surface area contributed by atoms with Crippen LogP contribution in [0.25, 0.3) is 0 Å². The summed E-state index contributed by atoms with van der Waals surface area (Å²) in [5, 5.41) is 5.64. The first-order valence-corrected chi connectivity index (χ1v) is 9.86. The van der Waals surface area contributed by atoms with Crippen LogP contribution in [0.4, 0.5) is 0 Å². The molecule has 1 unspecified atom stereocenters. The monoisotopic (exact) mass is 512 g/mol. The molecule has 2 aliphatic rings. The van der Waals surface area contributed by atoms with E-state index in [4.69, 9.17) is 0 Å². The van der Waals surface area contributed by atoms with E-state index in [1.54, 1.807) is 11.3 Å². The van der Waals surface area contributed by atoms with Crippen LogP contribution in [-0.2, 0) is 6.54 Å². The lowest BCUT2D eigenvalue weighted by atomic mass is 10.1. The lowest BCUT2D eigenvalue weighted by Gasteiger charge is -2.32. The number of piperidine rings is 1. The molecule has 1 aromatic heterocycles. The summed E-state index contributed by atoms with van der Waals surface area (Å²) in [6.45, 7) is 5.66. The maximum absolute atomic E-state index is 4.48. The summed E-state index contributed by atoms with van der Waals surface area (Å²) in [5.74, 6) is 1.05. The van der Waals surface area contributed by atoms with Gasteiger partial charge in [0, 0.05) is 40.9 Å². The zero-order chi connectivity index (χ0) is 15.4. The van der Waals surface area contributed by atoms with Gasteiger partial charge in [-0.3, -0.25) is 9.89 Å². The van der Waals surface area contributed by atoms with Crippen LogP contribution in [0.1, 0.15) is 30.6 Å². The van der Waals surface area contributed by atoms with Gasteiger partial charge in [-0.25, -0.2) is 0 Å². The van der Waals surface area contributed by atoms with E-state index in [1.807, 2.05) is 7.05 Å². The molecule has 0 saturated carbocycles. The highest BCUT2D eigenvalue weighted by Crippen LogP contribution is 2.21. The van der Waals surface area contributed by atoms with Crippen molar-refractivity contribution in [3.63, 3.8) is 0 Å². The minimum Gasteiger partial charge on any atom is -0.351 e. The fraction of sp³-hybridized carbons (Fsp3) is 0.688. The Morgan fingerprint density at radius 1 is 1.35 bits per heavy atom. The molecular formula is C16H26BrIN4S. The van der Waals surface area contributed by atoms with Crippen LogP contribution in [0.5, 0.6) is 0 Å². The van der Waals surface area contributed by atoms with E-state index in [1.165, 1.54) is 43.6 Å². The van der Waals surface area contributed by atoms with Crippen molar-refractivity contribution in [1.29, 1.82) is 0 Å². The van der Waals surface area contributed by atoms with Gasteiger partial charge in [0.15, 0.2) is 5.96 Å². The molecule has 0 aliphatic carbocycles. The van der Waals surface area contributed by atoms with Gasteiger partial charge in [0.1, 0.15) is 0 Å². The van der Waals surface area contributed by atoms with Crippen LogP contribution < -0.4 is 5.32 Å². The van der Waals surface area contributed by atoms with Crippen molar-refractivity contribution in [2.45, 2.75) is 38.3 Å². The van der Waals surface area contributed by atoms with Crippen LogP contribution in [0.2, 0.25) is 0 Å². The molecule has 130 valence electrons. The van der Waals surface area contributed by atoms with Gasteiger partial charge in [-0.15, -0.1) is 35.3 Å². The molecule has 1 aromatic rings. The molecule has 7 heteroatoms. The highest BCUT2D eigenvalue weighted by molar-refractivity contribution is 14.0. The van der Waals surface area contributed by atoms with Gasteiger partial charge in [-0.1, -0.05) is 6.42 Å². The Labute approximate surface area is 168 Å². The van der Waals surface area contributed by atoms with E-state index in [2.05, 4.69) is 47.5 Å². The van der Waals surface area contributed by atoms with Gasteiger partial charge in [0.25, 0.3) is 0 Å². The lowest BCUT2D eigenvalue weighted by molar-refractivity contribution is 0.168. The third kappa shape index (κ3) is 5.31. The number of rotatable bonds is 3. The van der Waals surface area contributed by atoms with Crippen LogP contribution in [0, 0.1) is 0 Å². The number of halogens is 2. The SMILES string of the molecule is CN=C(NCc1cc(Br)cs1)N1CCC(N2CCCCC2)C1.I. The molecule has 0 amide bonds. The quantitative estimate of drug-likeness (QED) is 0.380. The van der Waals surface area contributed by atoms with E-state index in [-0.39, 0.29) is 24.0 Å². The maximum atomic E-state index is 4.48. The first kappa shape index (κ1) is 19.5. The zero-order valence-electron chi connectivity index (χ0n) is 13.6. The van der Waals surface area contributed by atoms with Crippen molar-refractivity contribution >= 4 is 57.2 Å². The minimum absolute atomic E-state index is 0. The van der Waals surface area contributed by atoms with E-state index < -0.39 is 0 Å². The van der Waals surface area contributed by atoms with Crippen molar-refractivity contribution in [3.05, 3.63) is 20.8 Å². The number of nitrogens with one attached hydrogen (secondary N) is 1. The number of likely N-dealkylation sites (tertiary alicyclic amines) is 2. The summed E-state index contributed by atoms with van der Waals surface area (Å²) in [6, 6.07) is 2.89. The molecule has 2 aliphatic heterocycles. The predicted molar refractivity (Wildman–Crippen MR) is 113 cm³/mol. The molecule has 2 fully saturated rings. The Bertz CT molecular complexity index is 516. The molecule has 1 atom stereocenters. The third-order valence-corrected chi connectivity index (χ3v) is 6.32. The summed E-state index contributed by atoms with van der Waals surface area (Å²) in [4.78, 5) is 10.9. The molecular weight excluding hydrogens is 487 g/mol. The molecule has 23 heavy (non-hydrogen) atoms. The normalized spacial score (nSPS) is 23.0. The summed E-state index contributed by atoms with van der Waals surface area (Å²) in [6.07, 6.45) is 5.42. The fourth-order valence-electron chi connectivity index (χ4n) is 3.46. The Morgan fingerprint density at radius 3 is 2.78 bits per heavy atom. The first-order chi connectivity index (χ1) is 10.8. The van der Waals surface area contributed by atoms with Crippen molar-refractivity contribution in [2.75, 3.05) is 33.2 Å². The van der Waals surface area contributed by atoms with Gasteiger partial charge in [-0.05, 0) is 54.3 Å². The standard InChI is InChI=1S/C16H25BrN4S.HI/c1-18-16(19-10-15-9-13(17)12-22-15)21-8-5-14(11-21)20-6-3-2-4-7-20;/h9,12,14H,2-8,10-11H2,1H3,(H,18,19);1H. The van der Waals surface area contributed by atoms with E-state index >= 15 is 0 Å². The van der Waals surface area contributed by atoms with Crippen LogP contribution in [-0.4, -0.2) is 55.0 Å². The Kier molecular flexibility index (Phi) is 8.11. The predicted octanol–water partition coefficient (Wildman–Crippen LogP) is 3.76. The minimum atomic E-state index is 0. The Hall–Kier alpha value is 0.140. The largest absolute Gasteiger partial charge is 0.351 e. The van der Waals surface area contributed by atoms with Crippen molar-refractivity contribution in [1.82, 2.24) is 15.1 Å². The smallest absolute Gasteiger partial charge is 0.193 e. The van der Waals surface area contributed by atoms with E-state index in [0.717, 1.165) is 36.1 Å². The second-order valence-corrected chi connectivity index (χ2v) is 8.03. The summed E-state index contributed by atoms with van der Waals surface area (Å²) < 4.78 is 1.16. The molecule has 4 nitrogen and oxygen atoms in total. The Morgan fingerprint density at radius 2 is 2.13 bits per heavy atom. The topological polar surface area (TPSA) is 30.9 Å². The van der Waals surface area contributed by atoms with Gasteiger partial charge in [-0.2, -0.15) is 0 Å². The number of aliphatic imine (C=N–C) groups is 1. The van der Waals surface area contributed by atoms with Crippen molar-refractivity contribution in [2.24, 2.45) is 4.99 Å². The summed E-state index contributed by atoms with van der Waals surface area (Å²) >= 11 is 5.29. The van der Waals surface area contributed by atoms with Gasteiger partial charge >= 0.3 is 0 Å². The first-order valence-electron chi connectivity index (χ1n) is 8.19. The molecule has 1 N–H and O–H groups in total. The van der Waals surface area contributed by atoms with Gasteiger partial charge < -0.3 is 10.2 Å². The van der Waals surface area contributed by atoms with Crippen LogP contribution >= 0.6 is 51.2 Å². The Balaban J connectivity index is 0.00000192. The molecule has 0 bridgehead atoms. The number of hydrogen-bond donors (Lipinski definition) is 1. The highest BCUT2D eigenvalue weighted by atomic mass is 127. The summed E-state index contributed by atoms with van der Waals surface area (Å²) in [7, 11) is 1.89. The second kappa shape index (κ2) is 9.58. The number of hydrogen-bond acceptors (Lipinski definition) is 3. The van der Waals surface area contributed by atoms with Gasteiger partial charge in [0.2, 0.25) is 0 Å².